The molecule has 8 nitrogen and oxygen atoms in total. The molecule has 1 aliphatic heterocycles. The number of aromatic nitrogens is 2. The van der Waals surface area contributed by atoms with Crippen molar-refractivity contribution >= 4 is 17.6 Å². The second kappa shape index (κ2) is 10.7. The monoisotopic (exact) mass is 444 g/mol. The number of hydrogen-bond acceptors (Lipinski definition) is 6. The first-order valence-corrected chi connectivity index (χ1v) is 11.2. The number of nitrogen functional groups attached to an aromatic ring is 1. The van der Waals surface area contributed by atoms with Crippen LogP contribution >= 0.6 is 0 Å². The molecule has 1 saturated heterocycles. The fourth-order valence-corrected chi connectivity index (χ4v) is 3.82. The quantitative estimate of drug-likeness (QED) is 0.443. The molecule has 1 aliphatic rings. The Kier molecular flexibility index (Phi) is 7.26. The van der Waals surface area contributed by atoms with E-state index in [1.807, 2.05) is 36.4 Å². The zero-order chi connectivity index (χ0) is 23.0. The van der Waals surface area contributed by atoms with Gasteiger partial charge in [0.2, 0.25) is 0 Å². The van der Waals surface area contributed by atoms with E-state index in [0.29, 0.717) is 23.4 Å². The minimum absolute atomic E-state index is 0.0408. The Balaban J connectivity index is 1.44. The van der Waals surface area contributed by atoms with Gasteiger partial charge < -0.3 is 21.7 Å². The SMILES string of the molecule is Nc1ncc(-c2cccc(C(=O)NCCc3ccccc3)c2)nc1C(=O)N[C@H]1CCCNC1. The van der Waals surface area contributed by atoms with Gasteiger partial charge in [-0.15, -0.1) is 0 Å². The van der Waals surface area contributed by atoms with Crippen molar-refractivity contribution in [2.24, 2.45) is 0 Å². The number of nitrogens with zero attached hydrogens (tertiary/aromatic N) is 2. The van der Waals surface area contributed by atoms with E-state index in [0.717, 1.165) is 32.4 Å². The molecule has 0 spiro atoms. The summed E-state index contributed by atoms with van der Waals surface area (Å²) in [6, 6.07) is 17.1. The molecule has 8 heteroatoms. The van der Waals surface area contributed by atoms with Crippen molar-refractivity contribution in [2.75, 3.05) is 25.4 Å². The minimum Gasteiger partial charge on any atom is -0.382 e. The Labute approximate surface area is 193 Å². The van der Waals surface area contributed by atoms with Gasteiger partial charge in [0.1, 0.15) is 0 Å². The van der Waals surface area contributed by atoms with Crippen molar-refractivity contribution in [3.8, 4) is 11.3 Å². The zero-order valence-corrected chi connectivity index (χ0v) is 18.4. The van der Waals surface area contributed by atoms with E-state index in [9.17, 15) is 9.59 Å². The molecule has 1 aromatic heterocycles. The van der Waals surface area contributed by atoms with Crippen LogP contribution in [-0.4, -0.2) is 47.5 Å². The first kappa shape index (κ1) is 22.4. The third kappa shape index (κ3) is 5.93. The molecule has 1 atom stereocenters. The fourth-order valence-electron chi connectivity index (χ4n) is 3.82. The average molecular weight is 445 g/mol. The highest BCUT2D eigenvalue weighted by molar-refractivity contribution is 5.97. The van der Waals surface area contributed by atoms with Gasteiger partial charge in [-0.2, -0.15) is 0 Å². The number of carbonyl (C=O) groups is 2. The van der Waals surface area contributed by atoms with E-state index in [2.05, 4.69) is 25.9 Å². The Morgan fingerprint density at radius 3 is 2.73 bits per heavy atom. The van der Waals surface area contributed by atoms with E-state index in [4.69, 9.17) is 5.73 Å². The average Bonchev–Trinajstić information content (AvgIpc) is 2.85. The van der Waals surface area contributed by atoms with E-state index in [-0.39, 0.29) is 29.4 Å². The predicted octanol–water partition coefficient (Wildman–Crippen LogP) is 2.18. The maximum absolute atomic E-state index is 12.7. The Hall–Kier alpha value is -3.78. The predicted molar refractivity (Wildman–Crippen MR) is 128 cm³/mol. The molecule has 33 heavy (non-hydrogen) atoms. The van der Waals surface area contributed by atoms with E-state index in [1.165, 1.54) is 11.8 Å². The van der Waals surface area contributed by atoms with Gasteiger partial charge in [0.05, 0.1) is 11.9 Å². The molecule has 5 N–H and O–H groups in total. The summed E-state index contributed by atoms with van der Waals surface area (Å²) in [7, 11) is 0. The molecule has 0 aliphatic carbocycles. The van der Waals surface area contributed by atoms with Crippen LogP contribution in [0.3, 0.4) is 0 Å². The molecular weight excluding hydrogens is 416 g/mol. The molecule has 3 aromatic rings. The summed E-state index contributed by atoms with van der Waals surface area (Å²) in [4.78, 5) is 34.0. The van der Waals surface area contributed by atoms with Crippen LogP contribution in [0.5, 0.6) is 0 Å². The lowest BCUT2D eigenvalue weighted by Gasteiger charge is -2.23. The van der Waals surface area contributed by atoms with Crippen LogP contribution in [0.2, 0.25) is 0 Å². The second-order valence-corrected chi connectivity index (χ2v) is 8.08. The Morgan fingerprint density at radius 1 is 1.09 bits per heavy atom. The van der Waals surface area contributed by atoms with Gasteiger partial charge in [-0.25, -0.2) is 9.97 Å². The molecule has 0 saturated carbocycles. The smallest absolute Gasteiger partial charge is 0.274 e. The molecule has 2 amide bonds. The second-order valence-electron chi connectivity index (χ2n) is 8.08. The number of nitrogens with two attached hydrogens (primary N) is 1. The first-order valence-electron chi connectivity index (χ1n) is 11.2. The number of carbonyl (C=O) groups excluding carboxylic acids is 2. The number of rotatable bonds is 7. The van der Waals surface area contributed by atoms with Gasteiger partial charge in [-0.1, -0.05) is 42.5 Å². The number of nitrogens with one attached hydrogen (secondary N) is 3. The maximum Gasteiger partial charge on any atom is 0.274 e. The summed E-state index contributed by atoms with van der Waals surface area (Å²) in [5.41, 5.74) is 8.88. The van der Waals surface area contributed by atoms with Crippen molar-refractivity contribution in [1.82, 2.24) is 25.9 Å². The standard InChI is InChI=1S/C25H28N6O2/c26-23-22(25(33)30-20-10-5-12-27-15-20)31-21(16-29-23)18-8-4-9-19(14-18)24(32)28-13-11-17-6-2-1-3-7-17/h1-4,6-9,14,16,20,27H,5,10-13,15H2,(H2,26,29)(H,28,32)(H,30,33)/t20-/m0/s1. The van der Waals surface area contributed by atoms with Gasteiger partial charge in [0.25, 0.3) is 11.8 Å². The molecule has 2 aromatic carbocycles. The zero-order valence-electron chi connectivity index (χ0n) is 18.4. The van der Waals surface area contributed by atoms with E-state index in [1.54, 1.807) is 18.2 Å². The first-order chi connectivity index (χ1) is 16.1. The van der Waals surface area contributed by atoms with Gasteiger partial charge in [-0.3, -0.25) is 9.59 Å². The van der Waals surface area contributed by atoms with Gasteiger partial charge >= 0.3 is 0 Å². The lowest BCUT2D eigenvalue weighted by Crippen LogP contribution is -2.46. The van der Waals surface area contributed by atoms with Crippen molar-refractivity contribution < 1.29 is 9.59 Å². The fraction of sp³-hybridized carbons (Fsp3) is 0.280. The summed E-state index contributed by atoms with van der Waals surface area (Å²) in [6.45, 7) is 2.22. The van der Waals surface area contributed by atoms with Crippen LogP contribution in [0.1, 0.15) is 39.3 Å². The van der Waals surface area contributed by atoms with Crippen molar-refractivity contribution in [2.45, 2.75) is 25.3 Å². The molecule has 170 valence electrons. The lowest BCUT2D eigenvalue weighted by molar-refractivity contribution is 0.0924. The van der Waals surface area contributed by atoms with Crippen molar-refractivity contribution in [3.05, 3.63) is 77.6 Å². The van der Waals surface area contributed by atoms with Gasteiger partial charge in [0.15, 0.2) is 11.5 Å². The Bertz CT molecular complexity index is 1110. The lowest BCUT2D eigenvalue weighted by atomic mass is 10.1. The molecule has 0 radical (unpaired) electrons. The largest absolute Gasteiger partial charge is 0.382 e. The number of piperidine rings is 1. The summed E-state index contributed by atoms with van der Waals surface area (Å²) < 4.78 is 0. The highest BCUT2D eigenvalue weighted by atomic mass is 16.2. The third-order valence-corrected chi connectivity index (χ3v) is 5.61. The third-order valence-electron chi connectivity index (χ3n) is 5.61. The number of benzene rings is 2. The molecule has 0 unspecified atom stereocenters. The molecule has 4 rings (SSSR count). The normalized spacial score (nSPS) is 15.6. The summed E-state index contributed by atoms with van der Waals surface area (Å²) in [6.07, 6.45) is 4.19. The van der Waals surface area contributed by atoms with Gasteiger partial charge in [-0.05, 0) is 43.5 Å². The van der Waals surface area contributed by atoms with Crippen LogP contribution in [-0.2, 0) is 6.42 Å². The van der Waals surface area contributed by atoms with Gasteiger partial charge in [0, 0.05) is 30.3 Å². The van der Waals surface area contributed by atoms with E-state index >= 15 is 0 Å². The molecule has 2 heterocycles. The summed E-state index contributed by atoms with van der Waals surface area (Å²) >= 11 is 0. The number of anilines is 1. The minimum atomic E-state index is -0.342. The number of amides is 2. The van der Waals surface area contributed by atoms with Crippen LogP contribution in [0.25, 0.3) is 11.3 Å². The van der Waals surface area contributed by atoms with Crippen LogP contribution in [0.4, 0.5) is 5.82 Å². The van der Waals surface area contributed by atoms with Crippen LogP contribution < -0.4 is 21.7 Å². The highest BCUT2D eigenvalue weighted by Crippen LogP contribution is 2.20. The molecule has 1 fully saturated rings. The molecule has 0 bridgehead atoms. The summed E-state index contributed by atoms with van der Waals surface area (Å²) in [5, 5.41) is 9.18. The maximum atomic E-state index is 12.7. The van der Waals surface area contributed by atoms with Crippen molar-refractivity contribution in [3.63, 3.8) is 0 Å². The van der Waals surface area contributed by atoms with E-state index < -0.39 is 0 Å². The number of hydrogen-bond donors (Lipinski definition) is 4. The molecular formula is C25H28N6O2. The topological polar surface area (TPSA) is 122 Å². The van der Waals surface area contributed by atoms with Crippen LogP contribution in [0.15, 0.2) is 60.8 Å². The van der Waals surface area contributed by atoms with Crippen LogP contribution in [0, 0.1) is 0 Å². The Morgan fingerprint density at radius 2 is 1.94 bits per heavy atom. The van der Waals surface area contributed by atoms with Crippen molar-refractivity contribution in [1.29, 1.82) is 0 Å². The highest BCUT2D eigenvalue weighted by Gasteiger charge is 2.20. The summed E-state index contributed by atoms with van der Waals surface area (Å²) in [5.74, 6) is -0.431.